The molecule has 178 valence electrons. The average molecular weight is 469 g/mol. The molecular formula is C25H26F2N4O3. The molecule has 1 atom stereocenters. The summed E-state index contributed by atoms with van der Waals surface area (Å²) in [4.78, 5) is 32.1. The van der Waals surface area contributed by atoms with Crippen LogP contribution in [0.25, 0.3) is 5.52 Å². The number of hydrogen-bond acceptors (Lipinski definition) is 5. The van der Waals surface area contributed by atoms with E-state index < -0.39 is 23.5 Å². The number of amides is 1. The average Bonchev–Trinajstić information content (AvgIpc) is 3.51. The Hall–Kier alpha value is -3.49. The molecule has 1 amide bonds. The third-order valence-corrected chi connectivity index (χ3v) is 6.83. The lowest BCUT2D eigenvalue weighted by Gasteiger charge is -2.27. The number of hydrogen-bond donors (Lipinski definition) is 1. The van der Waals surface area contributed by atoms with Gasteiger partial charge in [0.25, 0.3) is 5.91 Å². The van der Waals surface area contributed by atoms with E-state index in [4.69, 9.17) is 4.84 Å². The summed E-state index contributed by atoms with van der Waals surface area (Å²) in [7, 11) is 0. The third-order valence-electron chi connectivity index (χ3n) is 6.83. The van der Waals surface area contributed by atoms with Crippen molar-refractivity contribution < 1.29 is 23.2 Å². The highest BCUT2D eigenvalue weighted by atomic mass is 19.1. The Morgan fingerprint density at radius 2 is 1.85 bits per heavy atom. The van der Waals surface area contributed by atoms with Gasteiger partial charge in [-0.3, -0.25) is 4.79 Å². The van der Waals surface area contributed by atoms with Crippen molar-refractivity contribution >= 4 is 23.1 Å². The van der Waals surface area contributed by atoms with Crippen LogP contribution in [0.4, 0.5) is 14.5 Å². The van der Waals surface area contributed by atoms with Crippen molar-refractivity contribution in [3.8, 4) is 0 Å². The molecule has 0 spiro atoms. The third kappa shape index (κ3) is 4.34. The zero-order chi connectivity index (χ0) is 23.7. The van der Waals surface area contributed by atoms with Crippen LogP contribution in [0.15, 0.2) is 42.7 Å². The van der Waals surface area contributed by atoms with Crippen LogP contribution in [0, 0.1) is 17.6 Å². The summed E-state index contributed by atoms with van der Waals surface area (Å²) in [5, 5.41) is 4.21. The lowest BCUT2D eigenvalue weighted by Crippen LogP contribution is -2.31. The number of fused-ring (bicyclic) bond motifs is 1. The first kappa shape index (κ1) is 22.3. The number of nitrogens with one attached hydrogen (secondary N) is 1. The van der Waals surface area contributed by atoms with Crippen molar-refractivity contribution in [2.45, 2.75) is 51.0 Å². The maximum atomic E-state index is 14.5. The Labute approximate surface area is 195 Å². The molecule has 1 saturated carbocycles. The van der Waals surface area contributed by atoms with Crippen LogP contribution in [0.2, 0.25) is 0 Å². The zero-order valence-corrected chi connectivity index (χ0v) is 18.7. The molecule has 1 aliphatic carbocycles. The lowest BCUT2D eigenvalue weighted by atomic mass is 9.89. The smallest absolute Gasteiger partial charge is 0.335 e. The highest BCUT2D eigenvalue weighted by Gasteiger charge is 2.30. The molecule has 2 fully saturated rings. The van der Waals surface area contributed by atoms with Gasteiger partial charge in [0.05, 0.1) is 29.2 Å². The fourth-order valence-electron chi connectivity index (χ4n) is 5.07. The summed E-state index contributed by atoms with van der Waals surface area (Å²) in [6.45, 7) is 0.672. The van der Waals surface area contributed by atoms with Gasteiger partial charge in [0, 0.05) is 24.0 Å². The number of aromatic nitrogens is 2. The fourth-order valence-corrected chi connectivity index (χ4v) is 5.07. The highest BCUT2D eigenvalue weighted by Crippen LogP contribution is 2.38. The second-order valence-corrected chi connectivity index (χ2v) is 8.98. The standard InChI is InChI=1S/C25H26F2N4O3/c26-17-8-9-21(27)19(13-17)22-7-4-11-30(22)18-10-12-31-23(14-18)20(15-28-31)24(32)29-34-25(33)16-5-2-1-3-6-16/h8-10,12-16,22H,1-7,11H2,(H,29,32). The van der Waals surface area contributed by atoms with E-state index in [1.165, 1.54) is 12.3 Å². The van der Waals surface area contributed by atoms with Gasteiger partial charge in [-0.1, -0.05) is 19.3 Å². The molecule has 7 nitrogen and oxygen atoms in total. The molecule has 1 aromatic carbocycles. The summed E-state index contributed by atoms with van der Waals surface area (Å²) in [5.41, 5.74) is 4.13. The van der Waals surface area contributed by atoms with E-state index in [2.05, 4.69) is 10.6 Å². The predicted molar refractivity (Wildman–Crippen MR) is 121 cm³/mol. The molecule has 5 rings (SSSR count). The van der Waals surface area contributed by atoms with Gasteiger partial charge in [0.2, 0.25) is 0 Å². The molecule has 3 heterocycles. The number of rotatable bonds is 4. The molecule has 1 saturated heterocycles. The van der Waals surface area contributed by atoms with Crippen LogP contribution >= 0.6 is 0 Å². The van der Waals surface area contributed by atoms with Crippen molar-refractivity contribution in [1.82, 2.24) is 15.1 Å². The predicted octanol–water partition coefficient (Wildman–Crippen LogP) is 4.72. The SMILES string of the molecule is O=C(NOC(=O)C1CCCCC1)c1cnn2ccc(N3CCCC3c3cc(F)ccc3F)cc12. The number of halogens is 2. The van der Waals surface area contributed by atoms with E-state index in [0.717, 1.165) is 56.3 Å². The van der Waals surface area contributed by atoms with Crippen molar-refractivity contribution in [1.29, 1.82) is 0 Å². The van der Waals surface area contributed by atoms with Crippen molar-refractivity contribution in [2.24, 2.45) is 5.92 Å². The molecule has 1 N–H and O–H groups in total. The highest BCUT2D eigenvalue weighted by molar-refractivity contribution is 6.01. The number of hydroxylamine groups is 1. The van der Waals surface area contributed by atoms with E-state index in [1.54, 1.807) is 16.8 Å². The van der Waals surface area contributed by atoms with E-state index in [9.17, 15) is 18.4 Å². The van der Waals surface area contributed by atoms with Crippen LogP contribution in [-0.2, 0) is 9.63 Å². The van der Waals surface area contributed by atoms with Crippen LogP contribution in [0.3, 0.4) is 0 Å². The zero-order valence-electron chi connectivity index (χ0n) is 18.7. The first-order valence-electron chi connectivity index (χ1n) is 11.7. The minimum atomic E-state index is -0.564. The molecule has 1 unspecified atom stereocenters. The van der Waals surface area contributed by atoms with E-state index in [1.807, 2.05) is 11.0 Å². The molecule has 3 aromatic rings. The second kappa shape index (κ2) is 9.40. The number of benzene rings is 1. The van der Waals surface area contributed by atoms with E-state index >= 15 is 0 Å². The Morgan fingerprint density at radius 3 is 2.68 bits per heavy atom. The van der Waals surface area contributed by atoms with Crippen molar-refractivity contribution in [2.75, 3.05) is 11.4 Å². The van der Waals surface area contributed by atoms with Crippen LogP contribution in [-0.4, -0.2) is 28.0 Å². The first-order chi connectivity index (χ1) is 16.5. The Balaban J connectivity index is 1.36. The van der Waals surface area contributed by atoms with Gasteiger partial charge in [0.15, 0.2) is 0 Å². The van der Waals surface area contributed by atoms with Crippen LogP contribution < -0.4 is 10.4 Å². The summed E-state index contributed by atoms with van der Waals surface area (Å²) in [6.07, 6.45) is 9.29. The second-order valence-electron chi connectivity index (χ2n) is 8.98. The monoisotopic (exact) mass is 468 g/mol. The van der Waals surface area contributed by atoms with Gasteiger partial charge in [-0.25, -0.2) is 18.1 Å². The van der Waals surface area contributed by atoms with E-state index in [-0.39, 0.29) is 17.5 Å². The summed E-state index contributed by atoms with van der Waals surface area (Å²) < 4.78 is 29.8. The van der Waals surface area contributed by atoms with Crippen molar-refractivity contribution in [3.63, 3.8) is 0 Å². The van der Waals surface area contributed by atoms with Gasteiger partial charge >= 0.3 is 5.97 Å². The molecule has 34 heavy (non-hydrogen) atoms. The Morgan fingerprint density at radius 1 is 1.03 bits per heavy atom. The number of anilines is 1. The summed E-state index contributed by atoms with van der Waals surface area (Å²) >= 11 is 0. The molecule has 0 radical (unpaired) electrons. The Bertz CT molecular complexity index is 1220. The van der Waals surface area contributed by atoms with Gasteiger partial charge in [-0.05, 0) is 56.0 Å². The number of carbonyl (C=O) groups excluding carboxylic acids is 2. The normalized spacial score (nSPS) is 18.9. The number of pyridine rings is 1. The Kier molecular flexibility index (Phi) is 6.17. The van der Waals surface area contributed by atoms with Crippen LogP contribution in [0.1, 0.15) is 66.9 Å². The van der Waals surface area contributed by atoms with E-state index in [0.29, 0.717) is 24.0 Å². The minimum absolute atomic E-state index is 0.181. The molecule has 2 aliphatic rings. The number of carbonyl (C=O) groups is 2. The largest absolute Gasteiger partial charge is 0.364 e. The fraction of sp³-hybridized carbons (Fsp3) is 0.400. The lowest BCUT2D eigenvalue weighted by molar-refractivity contribution is -0.155. The van der Waals surface area contributed by atoms with Gasteiger partial charge < -0.3 is 9.74 Å². The molecule has 1 aliphatic heterocycles. The summed E-state index contributed by atoms with van der Waals surface area (Å²) in [5.74, 6) is -2.08. The maximum absolute atomic E-state index is 14.5. The van der Waals surface area contributed by atoms with Crippen LogP contribution in [0.5, 0.6) is 0 Å². The molecule has 9 heteroatoms. The minimum Gasteiger partial charge on any atom is -0.364 e. The molecular weight excluding hydrogens is 442 g/mol. The topological polar surface area (TPSA) is 75.9 Å². The quantitative estimate of drug-likeness (QED) is 0.561. The molecule has 2 aromatic heterocycles. The summed E-state index contributed by atoms with van der Waals surface area (Å²) in [6, 6.07) is 6.83. The van der Waals surface area contributed by atoms with Crippen molar-refractivity contribution in [3.05, 3.63) is 65.5 Å². The maximum Gasteiger partial charge on any atom is 0.335 e. The van der Waals surface area contributed by atoms with Gasteiger partial charge in [-0.15, -0.1) is 0 Å². The first-order valence-corrected chi connectivity index (χ1v) is 11.7. The molecule has 0 bridgehead atoms. The number of nitrogens with zero attached hydrogens (tertiary/aromatic N) is 3. The van der Waals surface area contributed by atoms with Gasteiger partial charge in [0.1, 0.15) is 11.6 Å². The van der Waals surface area contributed by atoms with Gasteiger partial charge in [-0.2, -0.15) is 10.6 Å².